The monoisotopic (exact) mass is 432 g/mol. The number of rotatable bonds is 7. The third-order valence-corrected chi connectivity index (χ3v) is 5.49. The van der Waals surface area contributed by atoms with Gasteiger partial charge in [-0.15, -0.1) is 0 Å². The summed E-state index contributed by atoms with van der Waals surface area (Å²) < 4.78 is 38.2. The predicted octanol–water partition coefficient (Wildman–Crippen LogP) is 4.39. The molecule has 0 saturated carbocycles. The minimum atomic E-state index is -3.94. The fourth-order valence-electron chi connectivity index (χ4n) is 2.42. The highest BCUT2D eigenvalue weighted by Gasteiger charge is 2.18. The van der Waals surface area contributed by atoms with Crippen molar-refractivity contribution >= 4 is 45.0 Å². The van der Waals surface area contributed by atoms with Crippen molar-refractivity contribution in [2.24, 2.45) is 0 Å². The van der Waals surface area contributed by atoms with Crippen molar-refractivity contribution in [3.8, 4) is 5.75 Å². The molecule has 2 aromatic carbocycles. The zero-order valence-electron chi connectivity index (χ0n) is 15.3. The van der Waals surface area contributed by atoms with Crippen LogP contribution in [0.1, 0.15) is 5.76 Å². The first-order valence-corrected chi connectivity index (χ1v) is 10.2. The van der Waals surface area contributed by atoms with Gasteiger partial charge in [-0.3, -0.25) is 9.52 Å². The number of methoxy groups -OCH3 is 1. The molecule has 0 bridgehead atoms. The quantitative estimate of drug-likeness (QED) is 0.539. The lowest BCUT2D eigenvalue weighted by Crippen LogP contribution is -2.15. The number of nitrogens with one attached hydrogen (secondary N) is 2. The summed E-state index contributed by atoms with van der Waals surface area (Å²) >= 11 is 6.02. The van der Waals surface area contributed by atoms with Gasteiger partial charge < -0.3 is 14.5 Å². The number of amides is 1. The van der Waals surface area contributed by atoms with E-state index >= 15 is 0 Å². The Morgan fingerprint density at radius 3 is 2.59 bits per heavy atom. The van der Waals surface area contributed by atoms with Crippen molar-refractivity contribution in [2.45, 2.75) is 4.90 Å². The van der Waals surface area contributed by atoms with Gasteiger partial charge in [-0.1, -0.05) is 23.7 Å². The molecular formula is C20H17ClN2O5S. The van der Waals surface area contributed by atoms with Crippen molar-refractivity contribution in [3.05, 3.63) is 77.7 Å². The maximum Gasteiger partial charge on any atom is 0.262 e. The summed E-state index contributed by atoms with van der Waals surface area (Å²) in [5.74, 6) is 0.335. The molecular weight excluding hydrogens is 416 g/mol. The number of carbonyl (C=O) groups excluding carboxylic acids is 1. The molecule has 0 fully saturated rings. The van der Waals surface area contributed by atoms with E-state index in [1.54, 1.807) is 36.4 Å². The van der Waals surface area contributed by atoms with Gasteiger partial charge in [0.05, 0.1) is 34.7 Å². The lowest BCUT2D eigenvalue weighted by molar-refractivity contribution is -0.111. The average molecular weight is 433 g/mol. The summed E-state index contributed by atoms with van der Waals surface area (Å²) in [6.45, 7) is 0. The predicted molar refractivity (Wildman–Crippen MR) is 112 cm³/mol. The second-order valence-corrected chi connectivity index (χ2v) is 7.88. The molecule has 2 N–H and O–H groups in total. The number of carbonyl (C=O) groups is 1. The molecule has 0 unspecified atom stereocenters. The number of sulfonamides is 1. The van der Waals surface area contributed by atoms with Crippen LogP contribution in [0, 0.1) is 0 Å². The summed E-state index contributed by atoms with van der Waals surface area (Å²) in [4.78, 5) is 12.1. The molecule has 1 heterocycles. The first-order chi connectivity index (χ1) is 13.9. The Morgan fingerprint density at radius 2 is 1.90 bits per heavy atom. The van der Waals surface area contributed by atoms with Crippen LogP contribution in [0.4, 0.5) is 11.4 Å². The van der Waals surface area contributed by atoms with Gasteiger partial charge in [0.1, 0.15) is 11.5 Å². The van der Waals surface area contributed by atoms with Gasteiger partial charge in [0.25, 0.3) is 10.0 Å². The number of ether oxygens (including phenoxy) is 1. The Bertz CT molecular complexity index is 1140. The van der Waals surface area contributed by atoms with E-state index in [1.807, 2.05) is 0 Å². The van der Waals surface area contributed by atoms with Crippen molar-refractivity contribution in [1.29, 1.82) is 0 Å². The number of furan rings is 1. The number of para-hydroxylation sites is 1. The molecule has 3 aromatic rings. The molecule has 29 heavy (non-hydrogen) atoms. The third-order valence-electron chi connectivity index (χ3n) is 3.80. The van der Waals surface area contributed by atoms with Crippen LogP contribution in [-0.4, -0.2) is 21.4 Å². The van der Waals surface area contributed by atoms with Crippen molar-refractivity contribution in [2.75, 3.05) is 17.1 Å². The molecule has 150 valence electrons. The Morgan fingerprint density at radius 1 is 1.10 bits per heavy atom. The van der Waals surface area contributed by atoms with E-state index in [2.05, 4.69) is 10.0 Å². The number of halogens is 1. The summed E-state index contributed by atoms with van der Waals surface area (Å²) in [6.07, 6.45) is 4.24. The van der Waals surface area contributed by atoms with E-state index in [0.717, 1.165) is 0 Å². The van der Waals surface area contributed by atoms with Gasteiger partial charge in [-0.05, 0) is 48.5 Å². The molecule has 0 aliphatic carbocycles. The largest absolute Gasteiger partial charge is 0.495 e. The highest BCUT2D eigenvalue weighted by atomic mass is 35.5. The van der Waals surface area contributed by atoms with Crippen LogP contribution < -0.4 is 14.8 Å². The summed E-state index contributed by atoms with van der Waals surface area (Å²) in [7, 11) is -2.52. The average Bonchev–Trinajstić information content (AvgIpc) is 3.22. The normalized spacial score (nSPS) is 11.4. The topological polar surface area (TPSA) is 97.6 Å². The molecule has 3 rings (SSSR count). The lowest BCUT2D eigenvalue weighted by atomic mass is 10.3. The molecule has 1 amide bonds. The smallest absolute Gasteiger partial charge is 0.262 e. The third kappa shape index (κ3) is 5.18. The lowest BCUT2D eigenvalue weighted by Gasteiger charge is -2.13. The van der Waals surface area contributed by atoms with Gasteiger partial charge in [0, 0.05) is 6.08 Å². The minimum Gasteiger partial charge on any atom is -0.495 e. The zero-order valence-corrected chi connectivity index (χ0v) is 16.8. The van der Waals surface area contributed by atoms with Crippen LogP contribution in [0.3, 0.4) is 0 Å². The molecule has 0 radical (unpaired) electrons. The van der Waals surface area contributed by atoms with Crippen LogP contribution in [0.15, 0.2) is 76.2 Å². The van der Waals surface area contributed by atoms with Gasteiger partial charge >= 0.3 is 0 Å². The molecule has 7 nitrogen and oxygen atoms in total. The number of hydrogen-bond donors (Lipinski definition) is 2. The van der Waals surface area contributed by atoms with E-state index in [1.165, 1.54) is 43.7 Å². The zero-order chi connectivity index (χ0) is 20.9. The SMILES string of the molecule is COc1ccc(S(=O)(=O)Nc2ccccc2Cl)cc1NC(=O)C=Cc1ccco1. The van der Waals surface area contributed by atoms with Crippen molar-refractivity contribution in [3.63, 3.8) is 0 Å². The highest BCUT2D eigenvalue weighted by Crippen LogP contribution is 2.30. The van der Waals surface area contributed by atoms with Crippen LogP contribution in [0.5, 0.6) is 5.75 Å². The first-order valence-electron chi connectivity index (χ1n) is 8.37. The first kappa shape index (κ1) is 20.5. The second-order valence-electron chi connectivity index (χ2n) is 5.79. The maximum absolute atomic E-state index is 12.7. The van der Waals surface area contributed by atoms with Crippen molar-refractivity contribution < 1.29 is 22.4 Å². The minimum absolute atomic E-state index is 0.0662. The fourth-order valence-corrected chi connectivity index (χ4v) is 3.76. The highest BCUT2D eigenvalue weighted by molar-refractivity contribution is 7.92. The van der Waals surface area contributed by atoms with Crippen LogP contribution >= 0.6 is 11.6 Å². The molecule has 0 spiro atoms. The van der Waals surface area contributed by atoms with Crippen LogP contribution in [0.25, 0.3) is 6.08 Å². The Balaban J connectivity index is 1.84. The maximum atomic E-state index is 12.7. The Kier molecular flexibility index (Phi) is 6.26. The Hall–Kier alpha value is -3.23. The molecule has 9 heteroatoms. The number of hydrogen-bond acceptors (Lipinski definition) is 5. The number of benzene rings is 2. The van der Waals surface area contributed by atoms with Gasteiger partial charge in [-0.2, -0.15) is 0 Å². The van der Waals surface area contributed by atoms with Crippen molar-refractivity contribution in [1.82, 2.24) is 0 Å². The van der Waals surface area contributed by atoms with Crippen LogP contribution in [0.2, 0.25) is 5.02 Å². The second kappa shape index (κ2) is 8.85. The molecule has 0 saturated heterocycles. The standard InChI is InChI=1S/C20H17ClN2O5S/c1-27-19-10-9-15(29(25,26)23-17-7-3-2-6-16(17)21)13-18(19)22-20(24)11-8-14-5-4-12-28-14/h2-13,23H,1H3,(H,22,24). The van der Waals surface area contributed by atoms with Gasteiger partial charge in [0.15, 0.2) is 0 Å². The van der Waals surface area contributed by atoms with E-state index in [9.17, 15) is 13.2 Å². The van der Waals surface area contributed by atoms with E-state index in [4.69, 9.17) is 20.8 Å². The van der Waals surface area contributed by atoms with E-state index in [0.29, 0.717) is 11.5 Å². The molecule has 0 atom stereocenters. The molecule has 1 aromatic heterocycles. The summed E-state index contributed by atoms with van der Waals surface area (Å²) in [5, 5.41) is 2.87. The molecule has 0 aliphatic rings. The molecule has 0 aliphatic heterocycles. The fraction of sp³-hybridized carbons (Fsp3) is 0.0500. The Labute approximate surface area is 173 Å². The van der Waals surface area contributed by atoms with Crippen LogP contribution in [-0.2, 0) is 14.8 Å². The summed E-state index contributed by atoms with van der Waals surface area (Å²) in [6, 6.07) is 14.0. The van der Waals surface area contributed by atoms with Gasteiger partial charge in [-0.25, -0.2) is 8.42 Å². The van der Waals surface area contributed by atoms with Gasteiger partial charge in [0.2, 0.25) is 5.91 Å². The van der Waals surface area contributed by atoms with E-state index < -0.39 is 15.9 Å². The number of anilines is 2. The summed E-state index contributed by atoms with van der Waals surface area (Å²) in [5.41, 5.74) is 0.445. The van der Waals surface area contributed by atoms with E-state index in [-0.39, 0.29) is 21.3 Å².